The van der Waals surface area contributed by atoms with E-state index in [1.807, 2.05) is 18.2 Å². The van der Waals surface area contributed by atoms with Crippen LogP contribution in [0.15, 0.2) is 42.5 Å². The minimum Gasteiger partial charge on any atom is -0.321 e. The summed E-state index contributed by atoms with van der Waals surface area (Å²) in [5.74, 6) is -0.592. The van der Waals surface area contributed by atoms with E-state index in [1.165, 1.54) is 34.0 Å². The summed E-state index contributed by atoms with van der Waals surface area (Å²) in [5.41, 5.74) is 3.87. The van der Waals surface area contributed by atoms with E-state index in [0.29, 0.717) is 40.8 Å². The Bertz CT molecular complexity index is 1220. The summed E-state index contributed by atoms with van der Waals surface area (Å²) in [6, 6.07) is 11.5. The van der Waals surface area contributed by atoms with Gasteiger partial charge in [-0.05, 0) is 54.8 Å². The zero-order chi connectivity index (χ0) is 21.5. The Labute approximate surface area is 178 Å². The predicted octanol–water partition coefficient (Wildman–Crippen LogP) is 3.83. The molecule has 1 amide bonds. The van der Waals surface area contributed by atoms with Crippen LogP contribution in [-0.4, -0.2) is 36.4 Å². The number of thiazole rings is 1. The number of carbonyl (C=O) groups is 1. The third-order valence-electron chi connectivity index (χ3n) is 5.04. The summed E-state index contributed by atoms with van der Waals surface area (Å²) in [7, 11) is -3.26. The van der Waals surface area contributed by atoms with Crippen LogP contribution < -0.4 is 5.32 Å². The molecule has 1 N–H and O–H groups in total. The topological polar surface area (TPSA) is 79.4 Å². The van der Waals surface area contributed by atoms with E-state index in [4.69, 9.17) is 0 Å². The van der Waals surface area contributed by atoms with Gasteiger partial charge in [-0.1, -0.05) is 12.1 Å². The van der Waals surface area contributed by atoms with E-state index in [0.717, 1.165) is 16.7 Å². The van der Waals surface area contributed by atoms with Gasteiger partial charge in [-0.15, -0.1) is 11.3 Å². The second kappa shape index (κ2) is 7.90. The minimum atomic E-state index is -3.26. The van der Waals surface area contributed by atoms with Crippen molar-refractivity contribution in [2.45, 2.75) is 19.9 Å². The van der Waals surface area contributed by atoms with Gasteiger partial charge in [0.15, 0.2) is 0 Å². The fourth-order valence-electron chi connectivity index (χ4n) is 3.49. The molecular formula is C21H20FN3O3S2. The fourth-order valence-corrected chi connectivity index (χ4v) is 5.25. The molecule has 156 valence electrons. The average Bonchev–Trinajstić information content (AvgIpc) is 3.09. The molecule has 2 aromatic carbocycles. The SMILES string of the molecule is Cc1nc(-c2ccc(F)cc2)sc1C(=O)Nc1cccc2c1CCN(S(C)(=O)=O)C2. The number of hydrogen-bond acceptors (Lipinski definition) is 5. The Morgan fingerprint density at radius 3 is 2.63 bits per heavy atom. The van der Waals surface area contributed by atoms with Crippen molar-refractivity contribution in [2.24, 2.45) is 0 Å². The molecular weight excluding hydrogens is 425 g/mol. The largest absolute Gasteiger partial charge is 0.321 e. The molecule has 3 aromatic rings. The minimum absolute atomic E-state index is 0.266. The quantitative estimate of drug-likeness (QED) is 0.662. The highest BCUT2D eigenvalue weighted by molar-refractivity contribution is 7.88. The van der Waals surface area contributed by atoms with Crippen LogP contribution >= 0.6 is 11.3 Å². The van der Waals surface area contributed by atoms with E-state index in [1.54, 1.807) is 19.1 Å². The summed E-state index contributed by atoms with van der Waals surface area (Å²) in [4.78, 5) is 17.9. The number of carbonyl (C=O) groups excluding carboxylic acids is 1. The van der Waals surface area contributed by atoms with Gasteiger partial charge in [-0.2, -0.15) is 4.31 Å². The monoisotopic (exact) mass is 445 g/mol. The number of rotatable bonds is 4. The van der Waals surface area contributed by atoms with Crippen LogP contribution in [0.25, 0.3) is 10.6 Å². The van der Waals surface area contributed by atoms with Gasteiger partial charge in [0.1, 0.15) is 15.7 Å². The van der Waals surface area contributed by atoms with Crippen LogP contribution in [0, 0.1) is 12.7 Å². The van der Waals surface area contributed by atoms with E-state index in [2.05, 4.69) is 10.3 Å². The highest BCUT2D eigenvalue weighted by Crippen LogP contribution is 2.31. The molecule has 0 aliphatic carbocycles. The average molecular weight is 446 g/mol. The maximum Gasteiger partial charge on any atom is 0.267 e. The molecule has 2 heterocycles. The first-order valence-electron chi connectivity index (χ1n) is 9.33. The number of sulfonamides is 1. The van der Waals surface area contributed by atoms with Crippen molar-refractivity contribution in [1.29, 1.82) is 0 Å². The Hall–Kier alpha value is -2.62. The number of benzene rings is 2. The Kier molecular flexibility index (Phi) is 5.44. The highest BCUT2D eigenvalue weighted by atomic mass is 32.2. The first-order chi connectivity index (χ1) is 14.2. The van der Waals surface area contributed by atoms with Gasteiger partial charge >= 0.3 is 0 Å². The zero-order valence-electron chi connectivity index (χ0n) is 16.5. The normalized spacial score (nSPS) is 14.4. The predicted molar refractivity (Wildman–Crippen MR) is 116 cm³/mol. The molecule has 0 atom stereocenters. The summed E-state index contributed by atoms with van der Waals surface area (Å²) < 4.78 is 38.3. The Morgan fingerprint density at radius 2 is 1.93 bits per heavy atom. The van der Waals surface area contributed by atoms with Crippen LogP contribution in [-0.2, 0) is 23.0 Å². The van der Waals surface area contributed by atoms with Crippen LogP contribution in [0.1, 0.15) is 26.5 Å². The maximum atomic E-state index is 13.2. The standard InChI is InChI=1S/C21H20FN3O3S2/c1-13-19(29-21(23-13)14-6-8-16(22)9-7-14)20(26)24-18-5-3-4-15-12-25(30(2,27)28)11-10-17(15)18/h3-9H,10-12H2,1-2H3,(H,24,26). The van der Waals surface area contributed by atoms with E-state index < -0.39 is 10.0 Å². The number of aryl methyl sites for hydroxylation is 1. The van der Waals surface area contributed by atoms with Gasteiger partial charge in [0.25, 0.3) is 5.91 Å². The maximum absolute atomic E-state index is 13.2. The van der Waals surface area contributed by atoms with Gasteiger partial charge in [0, 0.05) is 24.3 Å². The molecule has 1 aliphatic heterocycles. The lowest BCUT2D eigenvalue weighted by molar-refractivity contribution is 0.102. The van der Waals surface area contributed by atoms with Crippen LogP contribution in [0.2, 0.25) is 0 Å². The number of halogens is 1. The lowest BCUT2D eigenvalue weighted by Gasteiger charge is -2.28. The van der Waals surface area contributed by atoms with Crippen LogP contribution in [0.5, 0.6) is 0 Å². The second-order valence-electron chi connectivity index (χ2n) is 7.18. The zero-order valence-corrected chi connectivity index (χ0v) is 18.1. The molecule has 0 spiro atoms. The van der Waals surface area contributed by atoms with E-state index >= 15 is 0 Å². The number of aromatic nitrogens is 1. The van der Waals surface area contributed by atoms with Gasteiger partial charge in [0.05, 0.1) is 11.9 Å². The molecule has 1 aliphatic rings. The molecule has 0 unspecified atom stereocenters. The number of anilines is 1. The van der Waals surface area contributed by atoms with Gasteiger partial charge < -0.3 is 5.32 Å². The van der Waals surface area contributed by atoms with Crippen molar-refractivity contribution in [3.8, 4) is 10.6 Å². The third-order valence-corrected chi connectivity index (χ3v) is 7.50. The van der Waals surface area contributed by atoms with Crippen LogP contribution in [0.3, 0.4) is 0 Å². The molecule has 9 heteroatoms. The lowest BCUT2D eigenvalue weighted by Crippen LogP contribution is -2.35. The first kappa shape index (κ1) is 20.6. The van der Waals surface area contributed by atoms with E-state index in [9.17, 15) is 17.6 Å². The first-order valence-corrected chi connectivity index (χ1v) is 12.0. The summed E-state index contributed by atoms with van der Waals surface area (Å²) in [5, 5.41) is 3.61. The molecule has 1 aromatic heterocycles. The molecule has 0 saturated heterocycles. The molecule has 0 fully saturated rings. The Balaban J connectivity index is 1.58. The third kappa shape index (κ3) is 4.14. The smallest absolute Gasteiger partial charge is 0.267 e. The molecule has 6 nitrogen and oxygen atoms in total. The van der Waals surface area contributed by atoms with Crippen molar-refractivity contribution in [1.82, 2.24) is 9.29 Å². The number of fused-ring (bicyclic) bond motifs is 1. The van der Waals surface area contributed by atoms with Gasteiger partial charge in [-0.25, -0.2) is 17.8 Å². The molecule has 0 bridgehead atoms. The lowest BCUT2D eigenvalue weighted by atomic mass is 9.99. The number of nitrogens with one attached hydrogen (secondary N) is 1. The molecule has 0 saturated carbocycles. The van der Waals surface area contributed by atoms with Gasteiger partial charge in [0.2, 0.25) is 10.0 Å². The van der Waals surface area contributed by atoms with E-state index in [-0.39, 0.29) is 11.7 Å². The van der Waals surface area contributed by atoms with Crippen molar-refractivity contribution >= 4 is 33.0 Å². The highest BCUT2D eigenvalue weighted by Gasteiger charge is 2.25. The molecule has 4 rings (SSSR count). The summed E-state index contributed by atoms with van der Waals surface area (Å²) in [6.45, 7) is 2.45. The van der Waals surface area contributed by atoms with Crippen molar-refractivity contribution in [3.63, 3.8) is 0 Å². The van der Waals surface area contributed by atoms with Crippen molar-refractivity contribution in [2.75, 3.05) is 18.1 Å². The number of amides is 1. The van der Waals surface area contributed by atoms with Crippen molar-refractivity contribution < 1.29 is 17.6 Å². The fraction of sp³-hybridized carbons (Fsp3) is 0.238. The number of hydrogen-bond donors (Lipinski definition) is 1. The summed E-state index contributed by atoms with van der Waals surface area (Å²) in [6.07, 6.45) is 1.73. The number of nitrogens with zero attached hydrogens (tertiary/aromatic N) is 2. The summed E-state index contributed by atoms with van der Waals surface area (Å²) >= 11 is 1.25. The Morgan fingerprint density at radius 1 is 1.20 bits per heavy atom. The second-order valence-corrected chi connectivity index (χ2v) is 10.2. The molecule has 30 heavy (non-hydrogen) atoms. The van der Waals surface area contributed by atoms with Crippen molar-refractivity contribution in [3.05, 3.63) is 70.0 Å². The van der Waals surface area contributed by atoms with Crippen LogP contribution in [0.4, 0.5) is 10.1 Å². The van der Waals surface area contributed by atoms with Gasteiger partial charge in [-0.3, -0.25) is 4.79 Å². The molecule has 0 radical (unpaired) electrons.